The lowest BCUT2D eigenvalue weighted by Gasteiger charge is -2.33. The Kier molecular flexibility index (Phi) is 11.4. The minimum atomic E-state index is 0. The van der Waals surface area contributed by atoms with Crippen LogP contribution in [0, 0.1) is 0 Å². The summed E-state index contributed by atoms with van der Waals surface area (Å²) in [6.07, 6.45) is 3.97. The van der Waals surface area contributed by atoms with Crippen molar-refractivity contribution in [3.05, 3.63) is 38.5 Å². The van der Waals surface area contributed by atoms with Crippen LogP contribution < -0.4 is 10.6 Å². The summed E-state index contributed by atoms with van der Waals surface area (Å²) in [5.41, 5.74) is 0. The molecule has 3 rings (SSSR count). The summed E-state index contributed by atoms with van der Waals surface area (Å²) < 4.78 is 5.53. The fourth-order valence-electron chi connectivity index (χ4n) is 3.19. The van der Waals surface area contributed by atoms with Crippen molar-refractivity contribution in [1.29, 1.82) is 0 Å². The lowest BCUT2D eigenvalue weighted by Crippen LogP contribution is -2.42. The van der Waals surface area contributed by atoms with E-state index in [0.29, 0.717) is 6.04 Å². The molecule has 2 N–H and O–H groups in total. The Hall–Kier alpha value is -0.750. The van der Waals surface area contributed by atoms with Crippen LogP contribution in [-0.4, -0.2) is 61.8 Å². The van der Waals surface area contributed by atoms with Crippen LogP contribution in [0.4, 0.5) is 0 Å². The standard InChI is InChI=1S/C20H31N5OS2.HI/c1-3-16-14-23-19(28-16)7-8-22-20(21-4-2)24-15-17(18-6-5-13-27-18)25-9-11-26-12-10-25;/h5-6,13-14,17H,3-4,7-12,15H2,1-2H3,(H2,21,22,24);1H. The molecule has 1 fully saturated rings. The number of hydrogen-bond acceptors (Lipinski definition) is 6. The highest BCUT2D eigenvalue weighted by Crippen LogP contribution is 2.26. The van der Waals surface area contributed by atoms with Crippen LogP contribution in [0.2, 0.25) is 0 Å². The summed E-state index contributed by atoms with van der Waals surface area (Å²) >= 11 is 3.61. The molecule has 1 aliphatic heterocycles. The van der Waals surface area contributed by atoms with Crippen LogP contribution in [0.15, 0.2) is 28.7 Å². The molecule has 0 bridgehead atoms. The third-order valence-electron chi connectivity index (χ3n) is 4.71. The second kappa shape index (κ2) is 13.5. The van der Waals surface area contributed by atoms with Crippen LogP contribution in [0.25, 0.3) is 0 Å². The number of thiophene rings is 1. The van der Waals surface area contributed by atoms with Crippen LogP contribution in [0.5, 0.6) is 0 Å². The highest BCUT2D eigenvalue weighted by Gasteiger charge is 2.23. The van der Waals surface area contributed by atoms with Gasteiger partial charge < -0.3 is 15.4 Å². The number of nitrogens with one attached hydrogen (secondary N) is 2. The molecule has 9 heteroatoms. The Morgan fingerprint density at radius 1 is 1.31 bits per heavy atom. The number of aryl methyl sites for hydroxylation is 1. The summed E-state index contributed by atoms with van der Waals surface area (Å²) in [6.45, 7) is 10.2. The van der Waals surface area contributed by atoms with Crippen molar-refractivity contribution in [3.8, 4) is 0 Å². The smallest absolute Gasteiger partial charge is 0.191 e. The maximum absolute atomic E-state index is 5.53. The largest absolute Gasteiger partial charge is 0.379 e. The molecule has 0 saturated carbocycles. The molecule has 1 saturated heterocycles. The van der Waals surface area contributed by atoms with Crippen LogP contribution in [0.3, 0.4) is 0 Å². The first-order chi connectivity index (χ1) is 13.8. The maximum Gasteiger partial charge on any atom is 0.191 e. The number of halogens is 1. The average Bonchev–Trinajstić information content (AvgIpc) is 3.41. The van der Waals surface area contributed by atoms with E-state index in [4.69, 9.17) is 9.73 Å². The Morgan fingerprint density at radius 2 is 2.14 bits per heavy atom. The summed E-state index contributed by atoms with van der Waals surface area (Å²) in [6, 6.07) is 4.65. The fraction of sp³-hybridized carbons (Fsp3) is 0.600. The van der Waals surface area contributed by atoms with Gasteiger partial charge in [0.1, 0.15) is 0 Å². The number of morpholine rings is 1. The minimum absolute atomic E-state index is 0. The van der Waals surface area contributed by atoms with E-state index in [1.807, 2.05) is 17.5 Å². The van der Waals surface area contributed by atoms with E-state index in [-0.39, 0.29) is 24.0 Å². The van der Waals surface area contributed by atoms with E-state index in [2.05, 4.69) is 51.9 Å². The van der Waals surface area contributed by atoms with Crippen LogP contribution in [-0.2, 0) is 17.6 Å². The molecule has 1 unspecified atom stereocenters. The molecule has 2 aromatic rings. The molecule has 0 aliphatic carbocycles. The van der Waals surface area contributed by atoms with Gasteiger partial charge in [-0.25, -0.2) is 4.98 Å². The summed E-state index contributed by atoms with van der Waals surface area (Å²) in [7, 11) is 0. The van der Waals surface area contributed by atoms with Crippen molar-refractivity contribution in [3.63, 3.8) is 0 Å². The average molecular weight is 550 g/mol. The number of ether oxygens (including phenoxy) is 1. The zero-order valence-electron chi connectivity index (χ0n) is 17.2. The van der Waals surface area contributed by atoms with E-state index in [9.17, 15) is 0 Å². The molecule has 0 amide bonds. The van der Waals surface area contributed by atoms with E-state index >= 15 is 0 Å². The van der Waals surface area contributed by atoms with Crippen LogP contribution in [0.1, 0.15) is 34.7 Å². The molecule has 0 radical (unpaired) electrons. The van der Waals surface area contributed by atoms with Crippen molar-refractivity contribution < 1.29 is 4.74 Å². The topological polar surface area (TPSA) is 61.8 Å². The molecule has 1 atom stereocenters. The molecule has 0 aromatic carbocycles. The van der Waals surface area contributed by atoms with Gasteiger partial charge in [0.05, 0.1) is 30.8 Å². The lowest BCUT2D eigenvalue weighted by atomic mass is 10.2. The fourth-order valence-corrected chi connectivity index (χ4v) is 4.90. The lowest BCUT2D eigenvalue weighted by molar-refractivity contribution is 0.0186. The molecular weight excluding hydrogens is 517 g/mol. The number of aromatic nitrogens is 1. The van der Waals surface area contributed by atoms with Gasteiger partial charge in [0, 0.05) is 48.6 Å². The molecular formula is C20H32IN5OS2. The summed E-state index contributed by atoms with van der Waals surface area (Å²) in [4.78, 5) is 14.6. The third-order valence-corrected chi connectivity index (χ3v) is 6.88. The zero-order valence-corrected chi connectivity index (χ0v) is 21.2. The second-order valence-corrected chi connectivity index (χ2v) is 8.83. The number of guanidine groups is 1. The monoisotopic (exact) mass is 549 g/mol. The molecule has 2 aromatic heterocycles. The van der Waals surface area contributed by atoms with Gasteiger partial charge in [0.25, 0.3) is 0 Å². The van der Waals surface area contributed by atoms with E-state index in [1.165, 1.54) is 14.8 Å². The molecule has 6 nitrogen and oxygen atoms in total. The van der Waals surface area contributed by atoms with Gasteiger partial charge in [-0.3, -0.25) is 9.89 Å². The first kappa shape index (κ1) is 24.5. The van der Waals surface area contributed by atoms with Gasteiger partial charge in [-0.1, -0.05) is 13.0 Å². The molecule has 29 heavy (non-hydrogen) atoms. The first-order valence-electron chi connectivity index (χ1n) is 10.1. The quantitative estimate of drug-likeness (QED) is 0.285. The van der Waals surface area contributed by atoms with Gasteiger partial charge >= 0.3 is 0 Å². The Bertz CT molecular complexity index is 716. The van der Waals surface area contributed by atoms with Gasteiger partial charge in [0.15, 0.2) is 5.96 Å². The second-order valence-electron chi connectivity index (χ2n) is 6.65. The molecule has 1 aliphatic rings. The molecule has 3 heterocycles. The zero-order chi connectivity index (χ0) is 19.6. The van der Waals surface area contributed by atoms with Gasteiger partial charge in [-0.15, -0.1) is 46.7 Å². The SMILES string of the molecule is CCNC(=NCC(c1cccs1)N1CCOCC1)NCCc1ncc(CC)s1.I. The van der Waals surface area contributed by atoms with Crippen molar-refractivity contribution in [2.45, 2.75) is 32.7 Å². The first-order valence-corrected chi connectivity index (χ1v) is 11.8. The number of rotatable bonds is 9. The Morgan fingerprint density at radius 3 is 2.79 bits per heavy atom. The van der Waals surface area contributed by atoms with E-state index in [0.717, 1.165) is 64.7 Å². The van der Waals surface area contributed by atoms with Gasteiger partial charge in [0.2, 0.25) is 0 Å². The van der Waals surface area contributed by atoms with Crippen molar-refractivity contribution in [2.24, 2.45) is 4.99 Å². The maximum atomic E-state index is 5.53. The number of hydrogen-bond donors (Lipinski definition) is 2. The summed E-state index contributed by atoms with van der Waals surface area (Å²) in [5.74, 6) is 0.879. The number of thiazole rings is 1. The highest BCUT2D eigenvalue weighted by molar-refractivity contribution is 14.0. The number of aliphatic imine (C=N–C) groups is 1. The van der Waals surface area contributed by atoms with E-state index < -0.39 is 0 Å². The third kappa shape index (κ3) is 7.78. The van der Waals surface area contributed by atoms with Gasteiger partial charge in [-0.05, 0) is 24.8 Å². The highest BCUT2D eigenvalue weighted by atomic mass is 127. The summed E-state index contributed by atoms with van der Waals surface area (Å²) in [5, 5.41) is 10.2. The minimum Gasteiger partial charge on any atom is -0.379 e. The van der Waals surface area contributed by atoms with Gasteiger partial charge in [-0.2, -0.15) is 0 Å². The van der Waals surface area contributed by atoms with Crippen molar-refractivity contribution in [2.75, 3.05) is 45.9 Å². The Labute approximate surface area is 199 Å². The predicted molar refractivity (Wildman–Crippen MR) is 134 cm³/mol. The normalized spacial score (nSPS) is 16.3. The van der Waals surface area contributed by atoms with E-state index in [1.54, 1.807) is 11.3 Å². The van der Waals surface area contributed by atoms with Crippen molar-refractivity contribution in [1.82, 2.24) is 20.5 Å². The molecule has 162 valence electrons. The molecule has 0 spiro atoms. The van der Waals surface area contributed by atoms with Crippen molar-refractivity contribution >= 4 is 52.6 Å². The predicted octanol–water partition coefficient (Wildman–Crippen LogP) is 3.56. The Balaban J connectivity index is 0.00000300. The van der Waals surface area contributed by atoms with Crippen LogP contribution >= 0.6 is 46.7 Å². The number of nitrogens with zero attached hydrogens (tertiary/aromatic N) is 3.